The van der Waals surface area contributed by atoms with Crippen molar-refractivity contribution in [2.75, 3.05) is 12.4 Å². The van der Waals surface area contributed by atoms with Crippen LogP contribution in [0.1, 0.15) is 4.88 Å². The van der Waals surface area contributed by atoms with Gasteiger partial charge in [-0.1, -0.05) is 11.6 Å². The van der Waals surface area contributed by atoms with E-state index in [1.165, 1.54) is 24.3 Å². The van der Waals surface area contributed by atoms with Crippen molar-refractivity contribution in [3.05, 3.63) is 70.2 Å². The van der Waals surface area contributed by atoms with Crippen molar-refractivity contribution in [2.45, 2.75) is 6.30 Å². The normalized spacial score (nSPS) is 15.6. The lowest BCUT2D eigenvalue weighted by Crippen LogP contribution is -2.35. The smallest absolute Gasteiger partial charge is 0.321 e. The lowest BCUT2D eigenvalue weighted by Gasteiger charge is -2.23. The Morgan fingerprint density at radius 3 is 2.53 bits per heavy atom. The molecule has 1 amide bonds. The van der Waals surface area contributed by atoms with Crippen LogP contribution in [0.5, 0.6) is 0 Å². The minimum atomic E-state index is -4.68. The fourth-order valence-corrected chi connectivity index (χ4v) is 4.96. The zero-order chi connectivity index (χ0) is 24.8. The number of benzene rings is 1. The predicted molar refractivity (Wildman–Crippen MR) is 118 cm³/mol. The van der Waals surface area contributed by atoms with Crippen LogP contribution in [0.25, 0.3) is 10.4 Å². The lowest BCUT2D eigenvalue weighted by molar-refractivity contribution is -0.212. The number of amides is 1. The van der Waals surface area contributed by atoms with Crippen molar-refractivity contribution < 1.29 is 30.8 Å². The highest BCUT2D eigenvalue weighted by Crippen LogP contribution is 2.32. The Kier molecular flexibility index (Phi) is 5.99. The second kappa shape index (κ2) is 8.52. The number of thiophene rings is 1. The largest absolute Gasteiger partial charge is 0.504 e. The lowest BCUT2D eigenvalue weighted by atomic mass is 10.2. The molecule has 0 spiro atoms. The summed E-state index contributed by atoms with van der Waals surface area (Å²) in [6, 6.07) is 6.40. The van der Waals surface area contributed by atoms with Gasteiger partial charge in [0, 0.05) is 29.4 Å². The van der Waals surface area contributed by atoms with Crippen molar-refractivity contribution in [3.63, 3.8) is 0 Å². The average molecular weight is 534 g/mol. The predicted octanol–water partition coefficient (Wildman–Crippen LogP) is 4.38. The van der Waals surface area contributed by atoms with Crippen LogP contribution < -0.4 is 5.32 Å². The molecule has 0 atom stereocenters. The van der Waals surface area contributed by atoms with Crippen LogP contribution >= 0.6 is 22.9 Å². The highest BCUT2D eigenvalue weighted by molar-refractivity contribution is 7.88. The average Bonchev–Trinajstić information content (AvgIpc) is 3.42. The van der Waals surface area contributed by atoms with Gasteiger partial charge in [-0.05, 0) is 36.4 Å². The SMILES string of the molecule is CN1C(C(=O)Nc2ccc(F)c(Cl)c2)=CC(c2ccc(-c3cnn(C(F)(F)F)c3)s2)=NS1(=O)=O. The minimum Gasteiger partial charge on any atom is -0.321 e. The van der Waals surface area contributed by atoms with Crippen LogP contribution in [0.4, 0.5) is 23.2 Å². The number of hydrogen-bond acceptors (Lipinski definition) is 5. The number of aromatic nitrogens is 2. The Morgan fingerprint density at radius 1 is 1.18 bits per heavy atom. The molecule has 1 aromatic carbocycles. The number of hydrogen-bond donors (Lipinski definition) is 1. The molecular formula is C19H12ClF4N5O3S2. The first-order valence-corrected chi connectivity index (χ1v) is 11.7. The van der Waals surface area contributed by atoms with Gasteiger partial charge >= 0.3 is 16.5 Å². The van der Waals surface area contributed by atoms with Crippen molar-refractivity contribution >= 4 is 50.5 Å². The summed E-state index contributed by atoms with van der Waals surface area (Å²) >= 11 is 6.68. The zero-order valence-corrected chi connectivity index (χ0v) is 19.2. The maximum absolute atomic E-state index is 13.4. The number of alkyl halides is 3. The van der Waals surface area contributed by atoms with Crippen LogP contribution in [0, 0.1) is 5.82 Å². The summed E-state index contributed by atoms with van der Waals surface area (Å²) in [5.74, 6) is -1.52. The summed E-state index contributed by atoms with van der Waals surface area (Å²) in [4.78, 5) is 13.4. The Balaban J connectivity index is 1.65. The second-order valence-electron chi connectivity index (χ2n) is 6.84. The van der Waals surface area contributed by atoms with Crippen molar-refractivity contribution in [1.29, 1.82) is 0 Å². The molecule has 0 fully saturated rings. The quantitative estimate of drug-likeness (QED) is 0.503. The van der Waals surface area contributed by atoms with Gasteiger partial charge in [-0.25, -0.2) is 8.70 Å². The molecule has 15 heteroatoms. The summed E-state index contributed by atoms with van der Waals surface area (Å²) < 4.78 is 81.0. The van der Waals surface area contributed by atoms with E-state index in [1.807, 2.05) is 0 Å². The first-order chi connectivity index (χ1) is 15.8. The number of halogens is 5. The molecule has 3 heterocycles. The Morgan fingerprint density at radius 2 is 1.88 bits per heavy atom. The number of nitrogens with one attached hydrogen (secondary N) is 1. The molecule has 3 aromatic rings. The Bertz CT molecular complexity index is 1460. The van der Waals surface area contributed by atoms with E-state index in [2.05, 4.69) is 14.8 Å². The molecule has 1 aliphatic heterocycles. The summed E-state index contributed by atoms with van der Waals surface area (Å²) in [6.45, 7) is 0. The number of anilines is 1. The number of likely N-dealkylation sites (N-methyl/N-ethyl adjacent to an activating group) is 1. The Hall–Kier alpha value is -3.23. The molecule has 0 radical (unpaired) electrons. The van der Waals surface area contributed by atoms with Crippen molar-refractivity contribution in [2.24, 2.45) is 4.40 Å². The first kappa shape index (κ1) is 23.9. The fraction of sp³-hybridized carbons (Fsp3) is 0.105. The summed E-state index contributed by atoms with van der Waals surface area (Å²) in [7, 11) is -3.15. The topological polar surface area (TPSA) is 96.7 Å². The number of nitrogens with zero attached hydrogens (tertiary/aromatic N) is 4. The summed E-state index contributed by atoms with van der Waals surface area (Å²) in [5, 5.41) is 5.47. The van der Waals surface area contributed by atoms with Gasteiger partial charge in [-0.2, -0.15) is 18.2 Å². The van der Waals surface area contributed by atoms with Gasteiger partial charge in [0.2, 0.25) is 0 Å². The molecular weight excluding hydrogens is 522 g/mol. The van der Waals surface area contributed by atoms with Crippen LogP contribution in [-0.2, 0) is 21.3 Å². The van der Waals surface area contributed by atoms with Gasteiger partial charge in [-0.3, -0.25) is 4.79 Å². The molecule has 4 rings (SSSR count). The molecule has 8 nitrogen and oxygen atoms in total. The van der Waals surface area contributed by atoms with Crippen molar-refractivity contribution in [1.82, 2.24) is 14.1 Å². The molecule has 1 aliphatic rings. The maximum Gasteiger partial charge on any atom is 0.504 e. The van der Waals surface area contributed by atoms with E-state index in [-0.39, 0.29) is 32.4 Å². The fourth-order valence-electron chi connectivity index (χ4n) is 2.87. The molecule has 0 aliphatic carbocycles. The van der Waals surface area contributed by atoms with E-state index < -0.39 is 28.2 Å². The highest BCUT2D eigenvalue weighted by atomic mass is 35.5. The van der Waals surface area contributed by atoms with Gasteiger partial charge in [0.1, 0.15) is 11.5 Å². The van der Waals surface area contributed by atoms with Gasteiger partial charge < -0.3 is 5.32 Å². The monoisotopic (exact) mass is 533 g/mol. The molecule has 0 saturated carbocycles. The van der Waals surface area contributed by atoms with Crippen LogP contribution in [-0.4, -0.2) is 41.2 Å². The number of allylic oxidation sites excluding steroid dienone is 1. The molecule has 178 valence electrons. The molecule has 1 N–H and O–H groups in total. The van der Waals surface area contributed by atoms with Gasteiger partial charge in [0.15, 0.2) is 0 Å². The standard InChI is InChI=1S/C19H12ClF4N5O3S2/c1-28-15(18(30)26-11-2-3-13(21)12(20)6-11)7-14(27-34(28,31)32)17-5-4-16(33-17)10-8-25-29(9-10)19(22,23)24/h2-9H,1H3,(H,26,30). The summed E-state index contributed by atoms with van der Waals surface area (Å²) in [6.07, 6.45) is -1.63. The van der Waals surface area contributed by atoms with E-state index in [9.17, 15) is 30.8 Å². The van der Waals surface area contributed by atoms with Crippen LogP contribution in [0.2, 0.25) is 5.02 Å². The van der Waals surface area contributed by atoms with Gasteiger partial charge in [-0.15, -0.1) is 28.9 Å². The van der Waals surface area contributed by atoms with Crippen LogP contribution in [0.15, 0.2) is 58.9 Å². The first-order valence-electron chi connectivity index (χ1n) is 9.14. The van der Waals surface area contributed by atoms with Crippen LogP contribution in [0.3, 0.4) is 0 Å². The van der Waals surface area contributed by atoms with Gasteiger partial charge in [0.25, 0.3) is 5.91 Å². The number of carbonyl (C=O) groups is 1. The molecule has 0 bridgehead atoms. The molecule has 2 aromatic heterocycles. The summed E-state index contributed by atoms with van der Waals surface area (Å²) in [5.41, 5.74) is -0.0718. The zero-order valence-electron chi connectivity index (χ0n) is 16.8. The second-order valence-corrected chi connectivity index (χ2v) is 9.96. The minimum absolute atomic E-state index is 0.0835. The molecule has 34 heavy (non-hydrogen) atoms. The van der Waals surface area contributed by atoms with Gasteiger partial charge in [0.05, 0.1) is 21.8 Å². The Labute approximate surface area is 199 Å². The highest BCUT2D eigenvalue weighted by Gasteiger charge is 2.32. The number of carbonyl (C=O) groups excluding carboxylic acids is 1. The third-order valence-corrected chi connectivity index (χ3v) is 7.33. The third-order valence-electron chi connectivity index (χ3n) is 4.57. The van der Waals surface area contributed by atoms with E-state index in [0.29, 0.717) is 14.1 Å². The van der Waals surface area contributed by atoms with E-state index in [1.54, 1.807) is 0 Å². The van der Waals surface area contributed by atoms with E-state index in [4.69, 9.17) is 11.6 Å². The molecule has 0 unspecified atom stereocenters. The molecule has 0 saturated heterocycles. The van der Waals surface area contributed by atoms with Crippen molar-refractivity contribution in [3.8, 4) is 10.4 Å². The third kappa shape index (κ3) is 4.69. The number of rotatable bonds is 4. The van der Waals surface area contributed by atoms with E-state index >= 15 is 0 Å². The van der Waals surface area contributed by atoms with E-state index in [0.717, 1.165) is 42.9 Å². The maximum atomic E-state index is 13.4.